The summed E-state index contributed by atoms with van der Waals surface area (Å²) in [6.45, 7) is 2.05. The minimum atomic E-state index is -3.51. The maximum atomic E-state index is 12.1. The average Bonchev–Trinajstić information content (AvgIpc) is 3.14. The van der Waals surface area contributed by atoms with E-state index < -0.39 is 16.1 Å². The van der Waals surface area contributed by atoms with Crippen molar-refractivity contribution in [3.8, 4) is 5.69 Å². The number of hydrogen-bond acceptors (Lipinski definition) is 7. The Labute approximate surface area is 177 Å². The van der Waals surface area contributed by atoms with Gasteiger partial charge in [0.05, 0.1) is 28.7 Å². The Bertz CT molecular complexity index is 1300. The van der Waals surface area contributed by atoms with Crippen LogP contribution in [0.1, 0.15) is 48.1 Å². The zero-order valence-corrected chi connectivity index (χ0v) is 17.8. The van der Waals surface area contributed by atoms with Crippen LogP contribution in [0.2, 0.25) is 0 Å². The number of imidazole rings is 1. The molecule has 1 fully saturated rings. The smallest absolute Gasteiger partial charge is 0.240 e. The normalized spacial score (nSPS) is 15.7. The van der Waals surface area contributed by atoms with Gasteiger partial charge in [-0.05, 0) is 43.0 Å². The molecule has 1 aliphatic rings. The Morgan fingerprint density at radius 1 is 1.30 bits per heavy atom. The summed E-state index contributed by atoms with van der Waals surface area (Å²) in [4.78, 5) is 6.53. The molecule has 3 aromatic heterocycles. The van der Waals surface area contributed by atoms with Crippen LogP contribution >= 0.6 is 11.3 Å². The Kier molecular flexibility index (Phi) is 4.69. The first-order chi connectivity index (χ1) is 14.5. The summed E-state index contributed by atoms with van der Waals surface area (Å²) >= 11 is 1.66. The number of fused-ring (bicyclic) bond motifs is 1. The van der Waals surface area contributed by atoms with Gasteiger partial charge in [-0.1, -0.05) is 12.1 Å². The van der Waals surface area contributed by atoms with E-state index in [-0.39, 0.29) is 4.90 Å². The molecule has 0 aliphatic heterocycles. The van der Waals surface area contributed by atoms with Crippen molar-refractivity contribution in [3.05, 3.63) is 59.3 Å². The van der Waals surface area contributed by atoms with Crippen molar-refractivity contribution < 1.29 is 13.5 Å². The molecule has 1 aliphatic carbocycles. The molecule has 5 rings (SSSR count). The monoisotopic (exact) mass is 444 g/mol. The van der Waals surface area contributed by atoms with Gasteiger partial charge in [0.2, 0.25) is 10.0 Å². The zero-order valence-electron chi connectivity index (χ0n) is 16.1. The van der Waals surface area contributed by atoms with Gasteiger partial charge in [0.25, 0.3) is 0 Å². The van der Waals surface area contributed by atoms with E-state index in [1.54, 1.807) is 49.1 Å². The van der Waals surface area contributed by atoms with Crippen LogP contribution in [-0.4, -0.2) is 44.4 Å². The quantitative estimate of drug-likeness (QED) is 0.452. The number of rotatable bonds is 7. The lowest BCUT2D eigenvalue weighted by atomic mass is 10.1. The highest BCUT2D eigenvalue weighted by atomic mass is 32.2. The maximum absolute atomic E-state index is 12.1. The first-order valence-electron chi connectivity index (χ1n) is 9.63. The third-order valence-corrected chi connectivity index (χ3v) is 7.91. The maximum Gasteiger partial charge on any atom is 0.240 e. The number of nitrogens with zero attached hydrogens (tertiary/aromatic N) is 5. The minimum Gasteiger partial charge on any atom is -0.380 e. The Morgan fingerprint density at radius 3 is 2.77 bits per heavy atom. The summed E-state index contributed by atoms with van der Waals surface area (Å²) in [5.74, 6) is 0.487. The molecule has 0 amide bonds. The zero-order chi connectivity index (χ0) is 20.9. The van der Waals surface area contributed by atoms with E-state index in [0.29, 0.717) is 23.8 Å². The molecule has 156 valence electrons. The highest BCUT2D eigenvalue weighted by molar-refractivity contribution is 7.89. The van der Waals surface area contributed by atoms with Crippen LogP contribution in [0.4, 0.5) is 0 Å². The number of benzene rings is 1. The van der Waals surface area contributed by atoms with Gasteiger partial charge in [0.1, 0.15) is 23.0 Å². The molecule has 2 N–H and O–H groups in total. The molecule has 4 aromatic rings. The molecule has 0 spiro atoms. The van der Waals surface area contributed by atoms with Gasteiger partial charge in [-0.25, -0.2) is 22.8 Å². The number of aliphatic hydroxyl groups excluding tert-OH is 1. The molecule has 0 bridgehead atoms. The van der Waals surface area contributed by atoms with E-state index in [9.17, 15) is 13.5 Å². The molecule has 0 saturated heterocycles. The van der Waals surface area contributed by atoms with Gasteiger partial charge in [-0.2, -0.15) is 0 Å². The summed E-state index contributed by atoms with van der Waals surface area (Å²) in [5.41, 5.74) is 1.88. The molecule has 30 heavy (non-hydrogen) atoms. The van der Waals surface area contributed by atoms with Gasteiger partial charge in [-0.3, -0.25) is 4.40 Å². The molecule has 3 heterocycles. The van der Waals surface area contributed by atoms with Gasteiger partial charge >= 0.3 is 0 Å². The summed E-state index contributed by atoms with van der Waals surface area (Å²) < 4.78 is 30.1. The second kappa shape index (κ2) is 7.27. The first kappa shape index (κ1) is 19.4. The van der Waals surface area contributed by atoms with E-state index >= 15 is 0 Å². The Hall–Kier alpha value is -2.60. The number of hydrogen-bond donors (Lipinski definition) is 2. The third kappa shape index (κ3) is 3.33. The Balaban J connectivity index is 1.45. The fourth-order valence-corrected chi connectivity index (χ4v) is 5.79. The van der Waals surface area contributed by atoms with Crippen LogP contribution in [0.15, 0.2) is 47.9 Å². The van der Waals surface area contributed by atoms with Crippen molar-refractivity contribution in [1.82, 2.24) is 29.1 Å². The number of nitrogens with one attached hydrogen (secondary N) is 1. The fourth-order valence-electron chi connectivity index (χ4n) is 3.45. The van der Waals surface area contributed by atoms with E-state index in [1.807, 2.05) is 4.40 Å². The van der Waals surface area contributed by atoms with E-state index in [1.165, 1.54) is 21.7 Å². The van der Waals surface area contributed by atoms with Crippen molar-refractivity contribution in [2.24, 2.45) is 0 Å². The second-order valence-corrected chi connectivity index (χ2v) is 10.0. The van der Waals surface area contributed by atoms with E-state index in [2.05, 4.69) is 20.0 Å². The summed E-state index contributed by atoms with van der Waals surface area (Å²) in [6, 6.07) is 6.35. The molecular weight excluding hydrogens is 424 g/mol. The van der Waals surface area contributed by atoms with Crippen molar-refractivity contribution in [2.75, 3.05) is 6.54 Å². The lowest BCUT2D eigenvalue weighted by Crippen LogP contribution is -2.23. The van der Waals surface area contributed by atoms with Crippen molar-refractivity contribution in [1.29, 1.82) is 0 Å². The van der Waals surface area contributed by atoms with Gasteiger partial charge in [-0.15, -0.1) is 16.4 Å². The van der Waals surface area contributed by atoms with E-state index in [4.69, 9.17) is 0 Å². The number of sulfonamides is 1. The molecule has 1 aromatic carbocycles. The van der Waals surface area contributed by atoms with Crippen molar-refractivity contribution in [3.63, 3.8) is 0 Å². The van der Waals surface area contributed by atoms with Crippen molar-refractivity contribution in [2.45, 2.75) is 36.7 Å². The highest BCUT2D eigenvalue weighted by Crippen LogP contribution is 2.47. The van der Waals surface area contributed by atoms with Crippen LogP contribution in [0, 0.1) is 0 Å². The van der Waals surface area contributed by atoms with Crippen molar-refractivity contribution >= 4 is 26.2 Å². The molecule has 1 unspecified atom stereocenters. The molecule has 11 heteroatoms. The van der Waals surface area contributed by atoms with Gasteiger partial charge < -0.3 is 5.11 Å². The minimum absolute atomic E-state index is 0.184. The fraction of sp³-hybridized carbons (Fsp3) is 0.316. The third-order valence-electron chi connectivity index (χ3n) is 5.08. The largest absolute Gasteiger partial charge is 0.380 e. The predicted octanol–water partition coefficient (Wildman–Crippen LogP) is 2.23. The van der Waals surface area contributed by atoms with Crippen LogP contribution in [0.25, 0.3) is 10.5 Å². The molecule has 9 nitrogen and oxygen atoms in total. The SMILES string of the molecule is CCNS(=O)(=O)c1ccc(-n2cc(C(O)c3c(C4CC4)sc4cncn34)nn2)cc1. The number of aromatic nitrogens is 5. The van der Waals surface area contributed by atoms with Gasteiger partial charge in [0, 0.05) is 11.4 Å². The highest BCUT2D eigenvalue weighted by Gasteiger charge is 2.33. The van der Waals surface area contributed by atoms with Crippen LogP contribution in [0.3, 0.4) is 0 Å². The van der Waals surface area contributed by atoms with Crippen LogP contribution < -0.4 is 4.72 Å². The number of thiazole rings is 1. The molecular formula is C19H20N6O3S2. The molecule has 1 saturated carbocycles. The molecule has 1 atom stereocenters. The lowest BCUT2D eigenvalue weighted by molar-refractivity contribution is 0.208. The first-order valence-corrected chi connectivity index (χ1v) is 11.9. The second-order valence-electron chi connectivity index (χ2n) is 7.21. The van der Waals surface area contributed by atoms with Gasteiger partial charge in [0.15, 0.2) is 0 Å². The average molecular weight is 445 g/mol. The summed E-state index contributed by atoms with van der Waals surface area (Å²) in [7, 11) is -3.51. The van der Waals surface area contributed by atoms with E-state index in [0.717, 1.165) is 23.4 Å². The molecule has 0 radical (unpaired) electrons. The van der Waals surface area contributed by atoms with Crippen LogP contribution in [-0.2, 0) is 10.0 Å². The topological polar surface area (TPSA) is 114 Å². The number of aliphatic hydroxyl groups is 1. The summed E-state index contributed by atoms with van der Waals surface area (Å²) in [5, 5.41) is 19.4. The predicted molar refractivity (Wildman–Crippen MR) is 111 cm³/mol. The Morgan fingerprint density at radius 2 is 2.07 bits per heavy atom. The lowest BCUT2D eigenvalue weighted by Gasteiger charge is -2.09. The van der Waals surface area contributed by atoms with Crippen LogP contribution in [0.5, 0.6) is 0 Å². The summed E-state index contributed by atoms with van der Waals surface area (Å²) in [6.07, 6.45) is 6.51. The standard InChI is InChI=1S/C19H20N6O3S2/c1-2-21-30(27,28)14-7-5-13(6-8-14)25-10-15(22-23-25)18(26)17-19(12-3-4-12)29-16-9-20-11-24(16)17/h5-12,18,21,26H,2-4H2,1H3.